The summed E-state index contributed by atoms with van der Waals surface area (Å²) in [6.07, 6.45) is 7.57. The number of aldehydes is 1. The smallest absolute Gasteiger partial charge is 0.145 e. The number of carbonyl (C=O) groups is 1. The lowest BCUT2D eigenvalue weighted by molar-refractivity contribution is -0.104. The van der Waals surface area contributed by atoms with Crippen molar-refractivity contribution < 1.29 is 4.79 Å². The summed E-state index contributed by atoms with van der Waals surface area (Å²) in [6.45, 7) is 5.33. The van der Waals surface area contributed by atoms with Crippen LogP contribution in [0.2, 0.25) is 0 Å². The van der Waals surface area contributed by atoms with Crippen molar-refractivity contribution in [2.75, 3.05) is 0 Å². The fourth-order valence-electron chi connectivity index (χ4n) is 0.828. The predicted molar refractivity (Wildman–Crippen MR) is 48.3 cm³/mol. The Labute approximate surface area is 71.0 Å². The maximum absolute atomic E-state index is 10.3. The SMILES string of the molecule is C=Cn1ccnc1/C=C(\C)C=O. The first-order chi connectivity index (χ1) is 5.77. The summed E-state index contributed by atoms with van der Waals surface area (Å²) in [5, 5.41) is 0. The Bertz CT molecular complexity index is 323. The molecule has 0 aromatic carbocycles. The molecule has 0 aliphatic heterocycles. The third-order valence-electron chi connectivity index (χ3n) is 1.44. The molecule has 3 heteroatoms. The molecule has 0 bridgehead atoms. The van der Waals surface area contributed by atoms with E-state index in [0.717, 1.165) is 12.1 Å². The zero-order valence-corrected chi connectivity index (χ0v) is 6.90. The lowest BCUT2D eigenvalue weighted by atomic mass is 10.3. The third-order valence-corrected chi connectivity index (χ3v) is 1.44. The van der Waals surface area contributed by atoms with Gasteiger partial charge in [0.25, 0.3) is 0 Å². The number of rotatable bonds is 3. The lowest BCUT2D eigenvalue weighted by Crippen LogP contribution is -1.89. The van der Waals surface area contributed by atoms with Crippen molar-refractivity contribution in [2.24, 2.45) is 0 Å². The van der Waals surface area contributed by atoms with Crippen molar-refractivity contribution in [1.82, 2.24) is 9.55 Å². The Morgan fingerprint density at radius 3 is 3.08 bits per heavy atom. The van der Waals surface area contributed by atoms with Crippen molar-refractivity contribution in [3.05, 3.63) is 30.4 Å². The molecule has 3 nitrogen and oxygen atoms in total. The number of hydrogen-bond acceptors (Lipinski definition) is 2. The average molecular weight is 162 g/mol. The van der Waals surface area contributed by atoms with Gasteiger partial charge in [0.2, 0.25) is 0 Å². The molecule has 0 amide bonds. The van der Waals surface area contributed by atoms with Gasteiger partial charge in [0.1, 0.15) is 12.1 Å². The highest BCUT2D eigenvalue weighted by Gasteiger charge is 1.95. The van der Waals surface area contributed by atoms with Crippen LogP contribution in [0.1, 0.15) is 12.7 Å². The van der Waals surface area contributed by atoms with Crippen LogP contribution in [0.15, 0.2) is 24.5 Å². The second kappa shape index (κ2) is 3.67. The number of aromatic nitrogens is 2. The molecule has 12 heavy (non-hydrogen) atoms. The molecular weight excluding hydrogens is 152 g/mol. The van der Waals surface area contributed by atoms with Crippen LogP contribution in [0.4, 0.5) is 0 Å². The number of allylic oxidation sites excluding steroid dienone is 1. The summed E-state index contributed by atoms with van der Waals surface area (Å²) in [5.74, 6) is 0.717. The minimum Gasteiger partial charge on any atom is -0.308 e. The number of hydrogen-bond donors (Lipinski definition) is 0. The van der Waals surface area contributed by atoms with Gasteiger partial charge in [-0.15, -0.1) is 0 Å². The van der Waals surface area contributed by atoms with Gasteiger partial charge >= 0.3 is 0 Å². The molecule has 1 rings (SSSR count). The van der Waals surface area contributed by atoms with Gasteiger partial charge in [0, 0.05) is 18.6 Å². The van der Waals surface area contributed by atoms with Crippen LogP contribution in [0, 0.1) is 0 Å². The Morgan fingerprint density at radius 2 is 2.50 bits per heavy atom. The van der Waals surface area contributed by atoms with E-state index in [4.69, 9.17) is 0 Å². The molecule has 0 saturated heterocycles. The van der Waals surface area contributed by atoms with Crippen LogP contribution in [-0.4, -0.2) is 15.8 Å². The molecule has 0 aliphatic carbocycles. The van der Waals surface area contributed by atoms with Gasteiger partial charge in [-0.1, -0.05) is 6.58 Å². The second-order valence-electron chi connectivity index (χ2n) is 2.38. The van der Waals surface area contributed by atoms with Crippen LogP contribution in [0.5, 0.6) is 0 Å². The van der Waals surface area contributed by atoms with Crippen molar-refractivity contribution in [2.45, 2.75) is 6.92 Å². The highest BCUT2D eigenvalue weighted by molar-refractivity contribution is 5.79. The van der Waals surface area contributed by atoms with Gasteiger partial charge in [0.05, 0.1) is 0 Å². The Morgan fingerprint density at radius 1 is 1.75 bits per heavy atom. The van der Waals surface area contributed by atoms with Crippen LogP contribution >= 0.6 is 0 Å². The topological polar surface area (TPSA) is 34.9 Å². The van der Waals surface area contributed by atoms with E-state index in [9.17, 15) is 4.79 Å². The maximum atomic E-state index is 10.3. The molecule has 1 heterocycles. The normalized spacial score (nSPS) is 11.2. The standard InChI is InChI=1S/C9H10N2O/c1-3-11-5-4-10-9(11)6-8(2)7-12/h3-7H,1H2,2H3/b8-6+. The summed E-state index contributed by atoms with van der Waals surface area (Å²) in [6, 6.07) is 0. The molecule has 0 N–H and O–H groups in total. The van der Waals surface area contributed by atoms with Crippen LogP contribution in [-0.2, 0) is 4.79 Å². The number of imidazole rings is 1. The predicted octanol–water partition coefficient (Wildman–Crippen LogP) is 1.59. The Hall–Kier alpha value is -1.64. The van der Waals surface area contributed by atoms with Crippen molar-refractivity contribution in [3.63, 3.8) is 0 Å². The summed E-state index contributed by atoms with van der Waals surface area (Å²) >= 11 is 0. The van der Waals surface area contributed by atoms with Crippen molar-refractivity contribution >= 4 is 18.6 Å². The Balaban J connectivity index is 3.02. The zero-order chi connectivity index (χ0) is 8.97. The molecule has 0 atom stereocenters. The lowest BCUT2D eigenvalue weighted by Gasteiger charge is -1.94. The minimum absolute atomic E-state index is 0.643. The van der Waals surface area contributed by atoms with Gasteiger partial charge in [-0.3, -0.25) is 4.79 Å². The third kappa shape index (κ3) is 1.69. The van der Waals surface area contributed by atoms with E-state index in [1.54, 1.807) is 36.2 Å². The van der Waals surface area contributed by atoms with Crippen LogP contribution < -0.4 is 0 Å². The van der Waals surface area contributed by atoms with E-state index >= 15 is 0 Å². The molecule has 0 spiro atoms. The monoisotopic (exact) mass is 162 g/mol. The molecule has 0 unspecified atom stereocenters. The Kier molecular flexibility index (Phi) is 2.58. The maximum Gasteiger partial charge on any atom is 0.145 e. The molecule has 0 aliphatic rings. The fourth-order valence-corrected chi connectivity index (χ4v) is 0.828. The van der Waals surface area contributed by atoms with Crippen molar-refractivity contribution in [3.8, 4) is 0 Å². The molecule has 0 saturated carbocycles. The minimum atomic E-state index is 0.643. The molecule has 0 radical (unpaired) electrons. The first-order valence-electron chi connectivity index (χ1n) is 3.57. The molecule has 1 aromatic heterocycles. The van der Waals surface area contributed by atoms with Gasteiger partial charge < -0.3 is 4.57 Å². The largest absolute Gasteiger partial charge is 0.308 e. The summed E-state index contributed by atoms with van der Waals surface area (Å²) in [7, 11) is 0. The second-order valence-corrected chi connectivity index (χ2v) is 2.38. The molecular formula is C9H10N2O. The summed E-state index contributed by atoms with van der Waals surface area (Å²) in [4.78, 5) is 14.3. The van der Waals surface area contributed by atoms with Gasteiger partial charge in [-0.2, -0.15) is 0 Å². The fraction of sp³-hybridized carbons (Fsp3) is 0.111. The quantitative estimate of drug-likeness (QED) is 0.499. The van der Waals surface area contributed by atoms with Gasteiger partial charge in [0.15, 0.2) is 0 Å². The first-order valence-corrected chi connectivity index (χ1v) is 3.57. The van der Waals surface area contributed by atoms with Gasteiger partial charge in [-0.25, -0.2) is 4.98 Å². The summed E-state index contributed by atoms with van der Waals surface area (Å²) < 4.78 is 1.74. The highest BCUT2D eigenvalue weighted by atomic mass is 16.1. The van der Waals surface area contributed by atoms with E-state index in [2.05, 4.69) is 11.6 Å². The number of nitrogens with zero attached hydrogens (tertiary/aromatic N) is 2. The zero-order valence-electron chi connectivity index (χ0n) is 6.90. The van der Waals surface area contributed by atoms with E-state index in [1.807, 2.05) is 0 Å². The van der Waals surface area contributed by atoms with E-state index in [0.29, 0.717) is 5.57 Å². The van der Waals surface area contributed by atoms with E-state index in [1.165, 1.54) is 0 Å². The molecule has 62 valence electrons. The molecule has 0 fully saturated rings. The summed E-state index contributed by atoms with van der Waals surface area (Å²) in [5.41, 5.74) is 0.643. The van der Waals surface area contributed by atoms with Crippen molar-refractivity contribution in [1.29, 1.82) is 0 Å². The van der Waals surface area contributed by atoms with Crippen LogP contribution in [0.3, 0.4) is 0 Å². The molecule has 1 aromatic rings. The van der Waals surface area contributed by atoms with Crippen LogP contribution in [0.25, 0.3) is 12.3 Å². The highest BCUT2D eigenvalue weighted by Crippen LogP contribution is 2.03. The number of carbonyl (C=O) groups excluding carboxylic acids is 1. The first kappa shape index (κ1) is 8.46. The van der Waals surface area contributed by atoms with Gasteiger partial charge in [-0.05, 0) is 18.6 Å². The van der Waals surface area contributed by atoms with E-state index < -0.39 is 0 Å². The van der Waals surface area contributed by atoms with E-state index in [-0.39, 0.29) is 0 Å². The average Bonchev–Trinajstić information content (AvgIpc) is 2.51.